The second-order valence-corrected chi connectivity index (χ2v) is 8.55. The standard InChI is InChI=1S/C20H27N5O2S/c1-14-19(28-13-22-14)20(27)21-12-16-6-2-3-8-24(16)9-10-25-18(26)11-15-5-4-7-17(15)23-25/h11,13,16H,2-10,12H2,1H3,(H,21,27). The summed E-state index contributed by atoms with van der Waals surface area (Å²) >= 11 is 1.38. The zero-order chi connectivity index (χ0) is 19.5. The van der Waals surface area contributed by atoms with Gasteiger partial charge in [-0.25, -0.2) is 9.67 Å². The van der Waals surface area contributed by atoms with Crippen LogP contribution >= 0.6 is 11.3 Å². The molecule has 7 nitrogen and oxygen atoms in total. The van der Waals surface area contributed by atoms with Crippen molar-refractivity contribution in [3.05, 3.63) is 43.8 Å². The number of likely N-dealkylation sites (tertiary alicyclic amines) is 1. The van der Waals surface area contributed by atoms with Crippen LogP contribution < -0.4 is 10.9 Å². The Labute approximate surface area is 168 Å². The minimum Gasteiger partial charge on any atom is -0.350 e. The van der Waals surface area contributed by atoms with Crippen LogP contribution in [0.25, 0.3) is 0 Å². The highest BCUT2D eigenvalue weighted by Gasteiger charge is 2.24. The monoisotopic (exact) mass is 401 g/mol. The van der Waals surface area contributed by atoms with Gasteiger partial charge in [0.25, 0.3) is 11.5 Å². The summed E-state index contributed by atoms with van der Waals surface area (Å²) < 4.78 is 1.62. The number of hydrogen-bond donors (Lipinski definition) is 1. The van der Waals surface area contributed by atoms with Gasteiger partial charge in [0.2, 0.25) is 0 Å². The van der Waals surface area contributed by atoms with E-state index >= 15 is 0 Å². The fourth-order valence-corrected chi connectivity index (χ4v) is 4.94. The van der Waals surface area contributed by atoms with E-state index in [1.165, 1.54) is 17.8 Å². The Kier molecular flexibility index (Phi) is 5.87. The van der Waals surface area contributed by atoms with Gasteiger partial charge < -0.3 is 5.32 Å². The fourth-order valence-electron chi connectivity index (χ4n) is 4.22. The van der Waals surface area contributed by atoms with Crippen molar-refractivity contribution in [3.63, 3.8) is 0 Å². The first-order valence-electron chi connectivity index (χ1n) is 10.1. The molecule has 4 rings (SSSR count). The summed E-state index contributed by atoms with van der Waals surface area (Å²) in [6.45, 7) is 4.87. The van der Waals surface area contributed by atoms with E-state index in [0.29, 0.717) is 24.0 Å². The van der Waals surface area contributed by atoms with Gasteiger partial charge in [-0.15, -0.1) is 11.3 Å². The normalized spacial score (nSPS) is 19.5. The third kappa shape index (κ3) is 4.17. The second-order valence-electron chi connectivity index (χ2n) is 7.69. The summed E-state index contributed by atoms with van der Waals surface area (Å²) in [6.07, 6.45) is 6.45. The predicted octanol–water partition coefficient (Wildman–Crippen LogP) is 1.78. The molecule has 1 N–H and O–H groups in total. The molecule has 8 heteroatoms. The zero-order valence-corrected chi connectivity index (χ0v) is 17.1. The molecule has 2 aliphatic rings. The Morgan fingerprint density at radius 3 is 3.00 bits per heavy atom. The Hall–Kier alpha value is -2.06. The number of fused-ring (bicyclic) bond motifs is 1. The molecular weight excluding hydrogens is 374 g/mol. The number of carbonyl (C=O) groups is 1. The van der Waals surface area contributed by atoms with Gasteiger partial charge in [0.1, 0.15) is 4.88 Å². The average molecular weight is 402 g/mol. The van der Waals surface area contributed by atoms with Gasteiger partial charge in [-0.1, -0.05) is 6.42 Å². The van der Waals surface area contributed by atoms with Crippen molar-refractivity contribution in [3.8, 4) is 0 Å². The summed E-state index contributed by atoms with van der Waals surface area (Å²) in [5.74, 6) is -0.0398. The molecule has 28 heavy (non-hydrogen) atoms. The summed E-state index contributed by atoms with van der Waals surface area (Å²) in [7, 11) is 0. The lowest BCUT2D eigenvalue weighted by atomic mass is 10.0. The van der Waals surface area contributed by atoms with E-state index in [2.05, 4.69) is 20.3 Å². The van der Waals surface area contributed by atoms with Crippen molar-refractivity contribution in [2.45, 2.75) is 58.0 Å². The predicted molar refractivity (Wildman–Crippen MR) is 109 cm³/mol. The van der Waals surface area contributed by atoms with Crippen LogP contribution in [0, 0.1) is 6.92 Å². The molecule has 0 aromatic carbocycles. The topological polar surface area (TPSA) is 80.1 Å². The van der Waals surface area contributed by atoms with Crippen LogP contribution in [0.5, 0.6) is 0 Å². The first-order chi connectivity index (χ1) is 13.6. The van der Waals surface area contributed by atoms with Gasteiger partial charge in [0.15, 0.2) is 0 Å². The smallest absolute Gasteiger partial charge is 0.267 e. The number of aryl methyl sites for hydroxylation is 3. The molecule has 2 aromatic rings. The van der Waals surface area contributed by atoms with Crippen molar-refractivity contribution >= 4 is 17.2 Å². The van der Waals surface area contributed by atoms with Crippen molar-refractivity contribution in [2.24, 2.45) is 0 Å². The maximum atomic E-state index is 12.4. The van der Waals surface area contributed by atoms with E-state index in [4.69, 9.17) is 0 Å². The number of carbonyl (C=O) groups excluding carboxylic acids is 1. The molecule has 0 bridgehead atoms. The number of nitrogens with zero attached hydrogens (tertiary/aromatic N) is 4. The number of aromatic nitrogens is 3. The van der Waals surface area contributed by atoms with E-state index in [0.717, 1.165) is 62.1 Å². The van der Waals surface area contributed by atoms with Gasteiger partial charge in [-0.3, -0.25) is 14.5 Å². The number of amides is 1. The summed E-state index contributed by atoms with van der Waals surface area (Å²) in [5, 5.41) is 7.66. The largest absolute Gasteiger partial charge is 0.350 e. The first kappa shape index (κ1) is 19.3. The van der Waals surface area contributed by atoms with Gasteiger partial charge >= 0.3 is 0 Å². The third-order valence-corrected chi connectivity index (χ3v) is 6.75. The maximum Gasteiger partial charge on any atom is 0.267 e. The van der Waals surface area contributed by atoms with Crippen LogP contribution in [0.3, 0.4) is 0 Å². The van der Waals surface area contributed by atoms with Crippen molar-refractivity contribution in [1.29, 1.82) is 0 Å². The molecule has 1 saturated heterocycles. The fraction of sp³-hybridized carbons (Fsp3) is 0.600. The Bertz CT molecular complexity index is 906. The molecule has 1 fully saturated rings. The molecule has 0 radical (unpaired) electrons. The first-order valence-corrected chi connectivity index (χ1v) is 11.0. The minimum absolute atomic E-state index is 0.00295. The molecule has 2 aromatic heterocycles. The summed E-state index contributed by atoms with van der Waals surface area (Å²) in [5.41, 5.74) is 4.70. The van der Waals surface area contributed by atoms with Gasteiger partial charge in [-0.2, -0.15) is 5.10 Å². The SMILES string of the molecule is Cc1ncsc1C(=O)NCC1CCCCN1CCn1nc2c(cc1=O)CCC2. The quantitative estimate of drug-likeness (QED) is 0.798. The molecule has 1 atom stereocenters. The number of thiazole rings is 1. The van der Waals surface area contributed by atoms with Crippen LogP contribution in [-0.2, 0) is 19.4 Å². The van der Waals surface area contributed by atoms with E-state index in [1.54, 1.807) is 16.3 Å². The van der Waals surface area contributed by atoms with Crippen LogP contribution in [0.1, 0.15) is 52.3 Å². The van der Waals surface area contributed by atoms with Crippen molar-refractivity contribution in [1.82, 2.24) is 25.0 Å². The number of hydrogen-bond acceptors (Lipinski definition) is 6. The highest BCUT2D eigenvalue weighted by atomic mass is 32.1. The Morgan fingerprint density at radius 2 is 2.18 bits per heavy atom. The van der Waals surface area contributed by atoms with Crippen molar-refractivity contribution < 1.29 is 4.79 Å². The molecular formula is C20H27N5O2S. The molecule has 150 valence electrons. The number of nitrogens with one attached hydrogen (secondary N) is 1. The highest BCUT2D eigenvalue weighted by molar-refractivity contribution is 7.11. The van der Waals surface area contributed by atoms with E-state index in [9.17, 15) is 9.59 Å². The summed E-state index contributed by atoms with van der Waals surface area (Å²) in [4.78, 5) is 32.0. The molecule has 0 spiro atoms. The molecule has 1 amide bonds. The third-order valence-electron chi connectivity index (χ3n) is 5.82. The minimum atomic E-state index is -0.0398. The number of rotatable bonds is 6. The zero-order valence-electron chi connectivity index (χ0n) is 16.3. The molecule has 1 aliphatic heterocycles. The lowest BCUT2D eigenvalue weighted by Crippen LogP contribution is -2.48. The van der Waals surface area contributed by atoms with Crippen LogP contribution in [0.15, 0.2) is 16.4 Å². The highest BCUT2D eigenvalue weighted by Crippen LogP contribution is 2.19. The van der Waals surface area contributed by atoms with E-state index < -0.39 is 0 Å². The molecule has 1 aliphatic carbocycles. The molecule has 3 heterocycles. The van der Waals surface area contributed by atoms with Gasteiger partial charge in [0, 0.05) is 25.2 Å². The lowest BCUT2D eigenvalue weighted by Gasteiger charge is -2.35. The average Bonchev–Trinajstić information content (AvgIpc) is 3.33. The summed E-state index contributed by atoms with van der Waals surface area (Å²) in [6, 6.07) is 2.07. The van der Waals surface area contributed by atoms with Crippen LogP contribution in [-0.4, -0.2) is 51.2 Å². The van der Waals surface area contributed by atoms with Crippen molar-refractivity contribution in [2.75, 3.05) is 19.6 Å². The van der Waals surface area contributed by atoms with Crippen LogP contribution in [0.2, 0.25) is 0 Å². The Balaban J connectivity index is 1.36. The van der Waals surface area contributed by atoms with Crippen LogP contribution in [0.4, 0.5) is 0 Å². The van der Waals surface area contributed by atoms with E-state index in [-0.39, 0.29) is 11.5 Å². The van der Waals surface area contributed by atoms with E-state index in [1.807, 2.05) is 6.92 Å². The van der Waals surface area contributed by atoms with Gasteiger partial charge in [0.05, 0.1) is 23.4 Å². The Morgan fingerprint density at radius 1 is 1.29 bits per heavy atom. The number of piperidine rings is 1. The molecule has 0 saturated carbocycles. The maximum absolute atomic E-state index is 12.4. The second kappa shape index (κ2) is 8.53. The lowest BCUT2D eigenvalue weighted by molar-refractivity contribution is 0.0912. The van der Waals surface area contributed by atoms with Gasteiger partial charge in [-0.05, 0) is 51.1 Å². The molecule has 1 unspecified atom stereocenters.